The number of benzene rings is 2. The van der Waals surface area contributed by atoms with E-state index in [-0.39, 0.29) is 16.8 Å². The summed E-state index contributed by atoms with van der Waals surface area (Å²) in [5.41, 5.74) is 1.76. The molecule has 3 rings (SSSR count). The number of aryl methyl sites for hydroxylation is 2. The van der Waals surface area contributed by atoms with Crippen molar-refractivity contribution >= 4 is 23.2 Å². The molecule has 0 unspecified atom stereocenters. The number of nitro groups is 1. The smallest absolute Gasteiger partial charge is 0.268 e. The van der Waals surface area contributed by atoms with E-state index in [1.54, 1.807) is 0 Å². The molecule has 2 amide bonds. The number of rotatable bonds is 3. The van der Waals surface area contributed by atoms with Crippen molar-refractivity contribution in [1.82, 2.24) is 0 Å². The van der Waals surface area contributed by atoms with Crippen LogP contribution in [0.3, 0.4) is 0 Å². The average molecular weight is 310 g/mol. The maximum Gasteiger partial charge on any atom is 0.283 e. The van der Waals surface area contributed by atoms with Gasteiger partial charge in [-0.1, -0.05) is 31.2 Å². The molecule has 0 spiro atoms. The van der Waals surface area contributed by atoms with Gasteiger partial charge in [-0.2, -0.15) is 0 Å². The molecule has 0 atom stereocenters. The Morgan fingerprint density at radius 1 is 1.09 bits per heavy atom. The standard InChI is InChI=1S/C17H14N2O4/c1-3-11-7-4-6-10(2)15(11)18-16(20)12-8-5-9-13(19(22)23)14(12)17(18)21/h4-9H,3H2,1-2H3. The Balaban J connectivity index is 2.23. The number of hydrogen-bond acceptors (Lipinski definition) is 4. The molecule has 1 heterocycles. The van der Waals surface area contributed by atoms with E-state index in [2.05, 4.69) is 0 Å². The molecule has 0 aromatic heterocycles. The first-order valence-corrected chi connectivity index (χ1v) is 7.22. The van der Waals surface area contributed by atoms with E-state index in [9.17, 15) is 19.7 Å². The van der Waals surface area contributed by atoms with E-state index >= 15 is 0 Å². The van der Waals surface area contributed by atoms with Crippen LogP contribution in [0, 0.1) is 17.0 Å². The van der Waals surface area contributed by atoms with Gasteiger partial charge >= 0.3 is 0 Å². The SMILES string of the molecule is CCc1cccc(C)c1N1C(=O)c2cccc([N+](=O)[O-])c2C1=O. The van der Waals surface area contributed by atoms with Crippen LogP contribution in [0.25, 0.3) is 0 Å². The van der Waals surface area contributed by atoms with Crippen molar-refractivity contribution in [2.45, 2.75) is 20.3 Å². The Labute approximate surface area is 132 Å². The molecule has 0 aliphatic carbocycles. The van der Waals surface area contributed by atoms with Crippen LogP contribution in [0.15, 0.2) is 36.4 Å². The lowest BCUT2D eigenvalue weighted by Gasteiger charge is -2.20. The molecule has 6 nitrogen and oxygen atoms in total. The first kappa shape index (κ1) is 14.9. The van der Waals surface area contributed by atoms with Gasteiger partial charge in [-0.05, 0) is 30.5 Å². The summed E-state index contributed by atoms with van der Waals surface area (Å²) in [6.45, 7) is 3.74. The van der Waals surface area contributed by atoms with Crippen LogP contribution in [0.5, 0.6) is 0 Å². The van der Waals surface area contributed by atoms with Crippen LogP contribution in [0.4, 0.5) is 11.4 Å². The van der Waals surface area contributed by atoms with Crippen LogP contribution < -0.4 is 4.90 Å². The maximum atomic E-state index is 12.8. The Morgan fingerprint density at radius 3 is 2.43 bits per heavy atom. The fourth-order valence-electron chi connectivity index (χ4n) is 2.95. The molecule has 2 aromatic rings. The van der Waals surface area contributed by atoms with Gasteiger partial charge in [0, 0.05) is 6.07 Å². The number of carbonyl (C=O) groups is 2. The number of hydrogen-bond donors (Lipinski definition) is 0. The second kappa shape index (κ2) is 5.31. The molecule has 23 heavy (non-hydrogen) atoms. The minimum absolute atomic E-state index is 0.0782. The van der Waals surface area contributed by atoms with Crippen molar-refractivity contribution in [2.75, 3.05) is 4.90 Å². The summed E-state index contributed by atoms with van der Waals surface area (Å²) in [6, 6.07) is 9.63. The molecule has 1 aliphatic rings. The number of anilines is 1. The molecule has 0 N–H and O–H groups in total. The van der Waals surface area contributed by atoms with E-state index in [0.717, 1.165) is 16.0 Å². The van der Waals surface area contributed by atoms with Gasteiger partial charge in [0.25, 0.3) is 17.5 Å². The predicted octanol–water partition coefficient (Wildman–Crippen LogP) is 3.27. The number of fused-ring (bicyclic) bond motifs is 1. The summed E-state index contributed by atoms with van der Waals surface area (Å²) in [5, 5.41) is 11.2. The zero-order chi connectivity index (χ0) is 16.7. The Morgan fingerprint density at radius 2 is 1.78 bits per heavy atom. The lowest BCUT2D eigenvalue weighted by Crippen LogP contribution is -2.31. The molecule has 116 valence electrons. The normalized spacial score (nSPS) is 13.4. The van der Waals surface area contributed by atoms with Crippen LogP contribution in [-0.4, -0.2) is 16.7 Å². The van der Waals surface area contributed by atoms with Crippen LogP contribution in [0.1, 0.15) is 38.8 Å². The molecule has 0 bridgehead atoms. The molecular formula is C17H14N2O4. The first-order chi connectivity index (χ1) is 11.0. The van der Waals surface area contributed by atoms with Crippen molar-refractivity contribution in [3.8, 4) is 0 Å². The fourth-order valence-corrected chi connectivity index (χ4v) is 2.95. The van der Waals surface area contributed by atoms with Crippen molar-refractivity contribution in [2.24, 2.45) is 0 Å². The highest BCUT2D eigenvalue weighted by atomic mass is 16.6. The van der Waals surface area contributed by atoms with E-state index in [1.807, 2.05) is 32.0 Å². The maximum absolute atomic E-state index is 12.8. The average Bonchev–Trinajstić information content (AvgIpc) is 2.79. The number of imide groups is 1. The van der Waals surface area contributed by atoms with Gasteiger partial charge in [-0.3, -0.25) is 19.7 Å². The minimum Gasteiger partial charge on any atom is -0.268 e. The summed E-state index contributed by atoms with van der Waals surface area (Å²) >= 11 is 0. The third-order valence-electron chi connectivity index (χ3n) is 4.02. The molecule has 0 fully saturated rings. The molecule has 0 saturated carbocycles. The van der Waals surface area contributed by atoms with Gasteiger partial charge in [-0.15, -0.1) is 0 Å². The lowest BCUT2D eigenvalue weighted by molar-refractivity contribution is -0.385. The second-order valence-corrected chi connectivity index (χ2v) is 5.34. The van der Waals surface area contributed by atoms with Gasteiger partial charge < -0.3 is 0 Å². The highest BCUT2D eigenvalue weighted by Gasteiger charge is 2.42. The van der Waals surface area contributed by atoms with E-state index in [1.165, 1.54) is 18.2 Å². The first-order valence-electron chi connectivity index (χ1n) is 7.22. The Kier molecular flexibility index (Phi) is 3.44. The molecule has 6 heteroatoms. The summed E-state index contributed by atoms with van der Waals surface area (Å²) in [5.74, 6) is -1.15. The number of para-hydroxylation sites is 1. The topological polar surface area (TPSA) is 80.5 Å². The summed E-state index contributed by atoms with van der Waals surface area (Å²) in [7, 11) is 0. The van der Waals surface area contributed by atoms with Gasteiger partial charge in [0.05, 0.1) is 16.2 Å². The number of nitrogens with zero attached hydrogens (tertiary/aromatic N) is 2. The summed E-state index contributed by atoms with van der Waals surface area (Å²) < 4.78 is 0. The third kappa shape index (κ3) is 2.11. The van der Waals surface area contributed by atoms with Gasteiger partial charge in [0.15, 0.2) is 0 Å². The lowest BCUT2D eigenvalue weighted by atomic mass is 10.0. The van der Waals surface area contributed by atoms with E-state index in [4.69, 9.17) is 0 Å². The van der Waals surface area contributed by atoms with Gasteiger partial charge in [0.1, 0.15) is 5.56 Å². The zero-order valence-corrected chi connectivity index (χ0v) is 12.7. The number of amides is 2. The fraction of sp³-hybridized carbons (Fsp3) is 0.176. The van der Waals surface area contributed by atoms with Crippen LogP contribution in [-0.2, 0) is 6.42 Å². The van der Waals surface area contributed by atoms with Crippen molar-refractivity contribution in [3.05, 3.63) is 68.8 Å². The molecule has 1 aliphatic heterocycles. The molecule has 0 radical (unpaired) electrons. The molecular weight excluding hydrogens is 296 g/mol. The minimum atomic E-state index is -0.638. The molecule has 2 aromatic carbocycles. The zero-order valence-electron chi connectivity index (χ0n) is 12.7. The largest absolute Gasteiger partial charge is 0.283 e. The van der Waals surface area contributed by atoms with Crippen LogP contribution in [0.2, 0.25) is 0 Å². The number of carbonyl (C=O) groups excluding carboxylic acids is 2. The highest BCUT2D eigenvalue weighted by molar-refractivity contribution is 6.36. The van der Waals surface area contributed by atoms with Crippen molar-refractivity contribution in [1.29, 1.82) is 0 Å². The van der Waals surface area contributed by atoms with E-state index in [0.29, 0.717) is 12.1 Å². The quantitative estimate of drug-likeness (QED) is 0.495. The van der Waals surface area contributed by atoms with Gasteiger partial charge in [0.2, 0.25) is 0 Å². The van der Waals surface area contributed by atoms with Crippen molar-refractivity contribution in [3.63, 3.8) is 0 Å². The highest BCUT2D eigenvalue weighted by Crippen LogP contribution is 2.36. The van der Waals surface area contributed by atoms with E-state index < -0.39 is 16.7 Å². The van der Waals surface area contributed by atoms with Gasteiger partial charge in [-0.25, -0.2) is 4.90 Å². The monoisotopic (exact) mass is 310 g/mol. The van der Waals surface area contributed by atoms with Crippen molar-refractivity contribution < 1.29 is 14.5 Å². The summed E-state index contributed by atoms with van der Waals surface area (Å²) in [4.78, 5) is 37.0. The Bertz CT molecular complexity index is 858. The van der Waals surface area contributed by atoms with Crippen LogP contribution >= 0.6 is 0 Å². The predicted molar refractivity (Wildman–Crippen MR) is 84.8 cm³/mol. The second-order valence-electron chi connectivity index (χ2n) is 5.34. The number of nitro benzene ring substituents is 1. The molecule has 0 saturated heterocycles. The summed E-state index contributed by atoms with van der Waals surface area (Å²) in [6.07, 6.45) is 0.645. The Hall–Kier alpha value is -3.02. The third-order valence-corrected chi connectivity index (χ3v) is 4.02.